The van der Waals surface area contributed by atoms with E-state index in [9.17, 15) is 4.79 Å². The number of hydrogen-bond donors (Lipinski definition) is 1. The molecule has 0 aromatic rings. The Morgan fingerprint density at radius 3 is 1.78 bits per heavy atom. The smallest absolute Gasteiger partial charge is 0.410 e. The minimum atomic E-state index is -0.412. The summed E-state index contributed by atoms with van der Waals surface area (Å²) in [6.45, 7) is 17.1. The molecule has 27 heavy (non-hydrogen) atoms. The highest BCUT2D eigenvalue weighted by atomic mass is 16.6. The zero-order valence-corrected chi connectivity index (χ0v) is 18.0. The Morgan fingerprint density at radius 1 is 0.852 bits per heavy atom. The van der Waals surface area contributed by atoms with Gasteiger partial charge in [-0.2, -0.15) is 0 Å². The second-order valence-electron chi connectivity index (χ2n) is 7.89. The van der Waals surface area contributed by atoms with Gasteiger partial charge in [0, 0.05) is 79.7 Å². The van der Waals surface area contributed by atoms with E-state index in [2.05, 4.69) is 15.1 Å². The molecule has 0 aromatic carbocycles. The monoisotopic (exact) mass is 388 g/mol. The molecule has 8 heteroatoms. The maximum atomic E-state index is 11.8. The molecule has 2 aliphatic heterocycles. The van der Waals surface area contributed by atoms with Crippen LogP contribution in [0.15, 0.2) is 0 Å². The Balaban J connectivity index is 0.000000309. The molecule has 2 heterocycles. The van der Waals surface area contributed by atoms with E-state index in [4.69, 9.17) is 14.2 Å². The number of amides is 1. The molecule has 2 rings (SSSR count). The van der Waals surface area contributed by atoms with Crippen molar-refractivity contribution >= 4 is 6.09 Å². The number of piperazine rings is 2. The van der Waals surface area contributed by atoms with Crippen molar-refractivity contribution in [2.24, 2.45) is 0 Å². The number of rotatable bonds is 6. The van der Waals surface area contributed by atoms with Gasteiger partial charge in [-0.1, -0.05) is 0 Å². The fourth-order valence-electron chi connectivity index (χ4n) is 2.86. The zero-order chi connectivity index (χ0) is 20.1. The van der Waals surface area contributed by atoms with Gasteiger partial charge in [-0.25, -0.2) is 4.79 Å². The van der Waals surface area contributed by atoms with Crippen LogP contribution in [0.4, 0.5) is 4.79 Å². The number of hydrogen-bond acceptors (Lipinski definition) is 7. The van der Waals surface area contributed by atoms with Gasteiger partial charge in [0.1, 0.15) is 5.60 Å². The maximum absolute atomic E-state index is 11.8. The Hall–Kier alpha value is -0.930. The highest BCUT2D eigenvalue weighted by Gasteiger charge is 2.25. The number of nitrogens with zero attached hydrogens (tertiary/aromatic N) is 3. The van der Waals surface area contributed by atoms with Gasteiger partial charge in [-0.3, -0.25) is 9.80 Å². The summed E-state index contributed by atoms with van der Waals surface area (Å²) in [5.41, 5.74) is -0.412. The number of carbonyl (C=O) groups excluding carboxylic acids is 1. The normalized spacial score (nSPS) is 19.4. The standard InChI is InChI=1S/C12H24N2O3.C7H16N2O/c1-12(2,3)17-11(15)14-7-5-13(6-8-14)9-10-16-4;1-10-7-6-9-4-2-8-3-5-9/h5-10H2,1-4H3;8H,2-7H2,1H3. The topological polar surface area (TPSA) is 66.5 Å². The van der Waals surface area contributed by atoms with Crippen molar-refractivity contribution in [3.63, 3.8) is 0 Å². The fraction of sp³-hybridized carbons (Fsp3) is 0.947. The predicted octanol–water partition coefficient (Wildman–Crippen LogP) is 0.724. The van der Waals surface area contributed by atoms with E-state index >= 15 is 0 Å². The van der Waals surface area contributed by atoms with Crippen molar-refractivity contribution in [3.8, 4) is 0 Å². The lowest BCUT2D eigenvalue weighted by atomic mass is 10.2. The molecule has 0 unspecified atom stereocenters. The second kappa shape index (κ2) is 13.3. The van der Waals surface area contributed by atoms with E-state index < -0.39 is 5.60 Å². The molecule has 0 atom stereocenters. The van der Waals surface area contributed by atoms with Gasteiger partial charge in [-0.05, 0) is 20.8 Å². The fourth-order valence-corrected chi connectivity index (χ4v) is 2.86. The number of methoxy groups -OCH3 is 2. The van der Waals surface area contributed by atoms with E-state index in [0.717, 1.165) is 65.6 Å². The van der Waals surface area contributed by atoms with Gasteiger partial charge >= 0.3 is 6.09 Å². The Bertz CT molecular complexity index is 390. The van der Waals surface area contributed by atoms with Crippen molar-refractivity contribution in [3.05, 3.63) is 0 Å². The van der Waals surface area contributed by atoms with Crippen LogP contribution in [0, 0.1) is 0 Å². The molecule has 8 nitrogen and oxygen atoms in total. The number of carbonyl (C=O) groups is 1. The maximum Gasteiger partial charge on any atom is 0.410 e. The van der Waals surface area contributed by atoms with Gasteiger partial charge in [0.05, 0.1) is 13.2 Å². The molecule has 0 saturated carbocycles. The molecule has 2 aliphatic rings. The number of nitrogens with one attached hydrogen (secondary N) is 1. The van der Waals surface area contributed by atoms with Gasteiger partial charge in [0.25, 0.3) is 0 Å². The summed E-state index contributed by atoms with van der Waals surface area (Å²) in [6, 6.07) is 0. The molecule has 0 aliphatic carbocycles. The van der Waals surface area contributed by atoms with Crippen LogP contribution in [-0.4, -0.2) is 119 Å². The second-order valence-corrected chi connectivity index (χ2v) is 7.89. The zero-order valence-electron chi connectivity index (χ0n) is 18.0. The SMILES string of the molecule is COCCN1CCN(C(=O)OC(C)(C)C)CC1.COCCN1CCNCC1. The van der Waals surface area contributed by atoms with E-state index in [0.29, 0.717) is 0 Å². The minimum absolute atomic E-state index is 0.205. The summed E-state index contributed by atoms with van der Waals surface area (Å²) in [6.07, 6.45) is -0.205. The molecule has 0 aromatic heterocycles. The lowest BCUT2D eigenvalue weighted by Crippen LogP contribution is -2.50. The first-order chi connectivity index (χ1) is 12.9. The van der Waals surface area contributed by atoms with Crippen LogP contribution in [0.25, 0.3) is 0 Å². The van der Waals surface area contributed by atoms with Crippen LogP contribution in [0.3, 0.4) is 0 Å². The largest absolute Gasteiger partial charge is 0.444 e. The summed E-state index contributed by atoms with van der Waals surface area (Å²) in [5.74, 6) is 0. The molecule has 2 fully saturated rings. The molecule has 0 spiro atoms. The third-order valence-corrected chi connectivity index (χ3v) is 4.46. The molecule has 160 valence electrons. The van der Waals surface area contributed by atoms with Crippen LogP contribution < -0.4 is 5.32 Å². The van der Waals surface area contributed by atoms with E-state index in [1.807, 2.05) is 20.8 Å². The predicted molar refractivity (Wildman–Crippen MR) is 107 cm³/mol. The van der Waals surface area contributed by atoms with Gasteiger partial charge < -0.3 is 24.4 Å². The number of ether oxygens (including phenoxy) is 3. The summed E-state index contributed by atoms with van der Waals surface area (Å²) in [7, 11) is 3.46. The molecular formula is C19H40N4O4. The lowest BCUT2D eigenvalue weighted by molar-refractivity contribution is 0.0127. The first-order valence-electron chi connectivity index (χ1n) is 9.97. The average molecular weight is 389 g/mol. The van der Waals surface area contributed by atoms with Crippen LogP contribution in [-0.2, 0) is 14.2 Å². The highest BCUT2D eigenvalue weighted by molar-refractivity contribution is 5.68. The summed E-state index contributed by atoms with van der Waals surface area (Å²) < 4.78 is 15.4. The Kier molecular flexibility index (Phi) is 11.9. The van der Waals surface area contributed by atoms with Crippen molar-refractivity contribution in [1.82, 2.24) is 20.0 Å². The molecule has 0 radical (unpaired) electrons. The summed E-state index contributed by atoms with van der Waals surface area (Å²) >= 11 is 0. The lowest BCUT2D eigenvalue weighted by Gasteiger charge is -2.35. The first-order valence-corrected chi connectivity index (χ1v) is 9.97. The van der Waals surface area contributed by atoms with E-state index in [-0.39, 0.29) is 6.09 Å². The Labute approximate surface area is 165 Å². The third kappa shape index (κ3) is 11.5. The average Bonchev–Trinajstić information content (AvgIpc) is 2.65. The summed E-state index contributed by atoms with van der Waals surface area (Å²) in [5, 5.41) is 3.31. The third-order valence-electron chi connectivity index (χ3n) is 4.46. The van der Waals surface area contributed by atoms with Crippen molar-refractivity contribution < 1.29 is 19.0 Å². The molecular weight excluding hydrogens is 348 g/mol. The molecule has 0 bridgehead atoms. The van der Waals surface area contributed by atoms with Crippen molar-refractivity contribution in [2.45, 2.75) is 26.4 Å². The van der Waals surface area contributed by atoms with E-state index in [1.54, 1.807) is 19.1 Å². The Morgan fingerprint density at radius 2 is 1.33 bits per heavy atom. The first kappa shape index (κ1) is 24.1. The van der Waals surface area contributed by atoms with Crippen LogP contribution in [0.1, 0.15) is 20.8 Å². The summed E-state index contributed by atoms with van der Waals surface area (Å²) in [4.78, 5) is 18.3. The molecule has 1 N–H and O–H groups in total. The van der Waals surface area contributed by atoms with Crippen LogP contribution in [0.2, 0.25) is 0 Å². The quantitative estimate of drug-likeness (QED) is 0.719. The van der Waals surface area contributed by atoms with E-state index in [1.165, 1.54) is 13.1 Å². The molecule has 2 saturated heterocycles. The van der Waals surface area contributed by atoms with Crippen LogP contribution in [0.5, 0.6) is 0 Å². The van der Waals surface area contributed by atoms with Gasteiger partial charge in [-0.15, -0.1) is 0 Å². The van der Waals surface area contributed by atoms with Crippen LogP contribution >= 0.6 is 0 Å². The molecule has 1 amide bonds. The van der Waals surface area contributed by atoms with Gasteiger partial charge in [0.2, 0.25) is 0 Å². The van der Waals surface area contributed by atoms with Crippen molar-refractivity contribution in [1.29, 1.82) is 0 Å². The minimum Gasteiger partial charge on any atom is -0.444 e. The van der Waals surface area contributed by atoms with Crippen molar-refractivity contribution in [2.75, 3.05) is 92.9 Å². The van der Waals surface area contributed by atoms with Gasteiger partial charge in [0.15, 0.2) is 0 Å². The highest BCUT2D eigenvalue weighted by Crippen LogP contribution is 2.11.